The summed E-state index contributed by atoms with van der Waals surface area (Å²) in [6.45, 7) is 3.32. The summed E-state index contributed by atoms with van der Waals surface area (Å²) in [5.74, 6) is 2.55. The molecule has 7 rings (SSSR count). The lowest BCUT2D eigenvalue weighted by molar-refractivity contribution is -0.152. The molecule has 7 aliphatic rings. The normalized spacial score (nSPS) is 53.3. The molecule has 6 atom stereocenters. The molecule has 0 aromatic rings. The first-order valence-corrected chi connectivity index (χ1v) is 10.3. The van der Waals surface area contributed by atoms with Crippen LogP contribution < -0.4 is 0 Å². The van der Waals surface area contributed by atoms with Crippen LogP contribution in [0.4, 0.5) is 4.79 Å². The highest BCUT2D eigenvalue weighted by Crippen LogP contribution is 2.59. The van der Waals surface area contributed by atoms with Crippen LogP contribution >= 0.6 is 0 Å². The quantitative estimate of drug-likeness (QED) is 0.864. The van der Waals surface area contributed by atoms with Crippen molar-refractivity contribution in [1.82, 2.24) is 9.80 Å². The lowest BCUT2D eigenvalue weighted by Gasteiger charge is -2.59. The largest absolute Gasteiger partial charge is 0.390 e. The van der Waals surface area contributed by atoms with Crippen LogP contribution in [0.3, 0.4) is 0 Å². The van der Waals surface area contributed by atoms with Crippen LogP contribution in [0.15, 0.2) is 0 Å². The predicted molar refractivity (Wildman–Crippen MR) is 90.4 cm³/mol. The summed E-state index contributed by atoms with van der Waals surface area (Å²) in [4.78, 5) is 18.0. The van der Waals surface area contributed by atoms with E-state index < -0.39 is 5.60 Å². The van der Waals surface area contributed by atoms with Gasteiger partial charge in [-0.25, -0.2) is 4.79 Å². The Morgan fingerprint density at radius 2 is 1.71 bits per heavy atom. The highest BCUT2D eigenvalue weighted by molar-refractivity contribution is 5.79. The van der Waals surface area contributed by atoms with Gasteiger partial charge in [0.05, 0.1) is 11.1 Å². The Kier molecular flexibility index (Phi) is 2.59. The van der Waals surface area contributed by atoms with E-state index in [0.717, 1.165) is 37.6 Å². The Morgan fingerprint density at radius 3 is 2.25 bits per heavy atom. The number of nitrogens with zero attached hydrogens (tertiary/aromatic N) is 2. The average molecular weight is 330 g/mol. The van der Waals surface area contributed by atoms with Crippen molar-refractivity contribution >= 4 is 6.03 Å². The van der Waals surface area contributed by atoms with E-state index in [-0.39, 0.29) is 5.54 Å². The summed E-state index contributed by atoms with van der Waals surface area (Å²) < 4.78 is 0. The number of hydrogen-bond donors (Lipinski definition) is 1. The number of urea groups is 1. The minimum Gasteiger partial charge on any atom is -0.390 e. The molecule has 6 aliphatic carbocycles. The zero-order valence-electron chi connectivity index (χ0n) is 14.8. The van der Waals surface area contributed by atoms with Crippen molar-refractivity contribution in [2.45, 2.75) is 87.9 Å². The molecule has 6 saturated carbocycles. The van der Waals surface area contributed by atoms with Gasteiger partial charge in [-0.1, -0.05) is 0 Å². The Hall–Kier alpha value is -0.770. The number of carbonyl (C=O) groups excluding carboxylic acids is 1. The number of rotatable bonds is 3. The van der Waals surface area contributed by atoms with E-state index in [2.05, 4.69) is 16.7 Å². The molecule has 7 fully saturated rings. The molecule has 132 valence electrons. The lowest BCUT2D eigenvalue weighted by Crippen LogP contribution is -2.62. The van der Waals surface area contributed by atoms with Gasteiger partial charge >= 0.3 is 6.03 Å². The monoisotopic (exact) mass is 330 g/mol. The Morgan fingerprint density at radius 1 is 1.04 bits per heavy atom. The maximum atomic E-state index is 13.4. The van der Waals surface area contributed by atoms with Crippen LogP contribution in [0, 0.1) is 23.7 Å². The molecule has 0 aromatic heterocycles. The maximum Gasteiger partial charge on any atom is 0.321 e. The topological polar surface area (TPSA) is 43.8 Å². The third-order valence-electron chi connectivity index (χ3n) is 8.41. The third kappa shape index (κ3) is 1.81. The summed E-state index contributed by atoms with van der Waals surface area (Å²) in [5.41, 5.74) is -0.310. The van der Waals surface area contributed by atoms with E-state index in [1.54, 1.807) is 0 Å². The minimum atomic E-state index is -0.397. The van der Waals surface area contributed by atoms with Crippen molar-refractivity contribution in [2.75, 3.05) is 6.54 Å². The zero-order valence-corrected chi connectivity index (χ0v) is 14.8. The van der Waals surface area contributed by atoms with Crippen LogP contribution in [-0.2, 0) is 0 Å². The Bertz CT molecular complexity index is 582. The molecule has 2 amide bonds. The Balaban J connectivity index is 1.33. The van der Waals surface area contributed by atoms with Gasteiger partial charge in [0.25, 0.3) is 0 Å². The average Bonchev–Trinajstić information content (AvgIpc) is 3.37. The first-order chi connectivity index (χ1) is 11.5. The number of carbonyl (C=O) groups is 1. The number of aliphatic hydroxyl groups is 1. The lowest BCUT2D eigenvalue weighted by atomic mass is 9.52. The van der Waals surface area contributed by atoms with Crippen molar-refractivity contribution in [3.63, 3.8) is 0 Å². The van der Waals surface area contributed by atoms with Gasteiger partial charge < -0.3 is 14.9 Å². The third-order valence-corrected chi connectivity index (χ3v) is 8.41. The molecule has 4 heteroatoms. The van der Waals surface area contributed by atoms with Gasteiger partial charge in [0.15, 0.2) is 0 Å². The molecule has 0 aromatic carbocycles. The summed E-state index contributed by atoms with van der Waals surface area (Å²) >= 11 is 0. The van der Waals surface area contributed by atoms with Gasteiger partial charge in [-0.05, 0) is 88.4 Å². The van der Waals surface area contributed by atoms with Crippen molar-refractivity contribution < 1.29 is 9.90 Å². The van der Waals surface area contributed by atoms with Crippen molar-refractivity contribution in [1.29, 1.82) is 0 Å². The molecular weight excluding hydrogens is 300 g/mol. The van der Waals surface area contributed by atoms with Crippen LogP contribution in [0.1, 0.15) is 64.7 Å². The zero-order chi connectivity index (χ0) is 16.3. The van der Waals surface area contributed by atoms with Gasteiger partial charge in [-0.15, -0.1) is 0 Å². The molecule has 4 bridgehead atoms. The second-order valence-electron chi connectivity index (χ2n) is 10.3. The van der Waals surface area contributed by atoms with Gasteiger partial charge in [0.2, 0.25) is 0 Å². The molecule has 1 N–H and O–H groups in total. The molecule has 1 heterocycles. The number of amides is 2. The molecule has 4 nitrogen and oxygen atoms in total. The van der Waals surface area contributed by atoms with Gasteiger partial charge in [0.1, 0.15) is 0 Å². The standard InChI is InChI=1S/C20H30N2O2/c1-19(15-2-3-15)11-21(18(23)22(19)16-4-5-16)17-13-6-12-7-14(17)10-20(24,8-12)9-13/h12-17,24H,2-11H2,1H3/t12?,13-,14+,17?,19?,20?. The van der Waals surface area contributed by atoms with Crippen molar-refractivity contribution in [2.24, 2.45) is 23.7 Å². The molecule has 1 aliphatic heterocycles. The molecule has 24 heavy (non-hydrogen) atoms. The second-order valence-corrected chi connectivity index (χ2v) is 10.3. The van der Waals surface area contributed by atoms with E-state index in [9.17, 15) is 9.90 Å². The molecule has 4 unspecified atom stereocenters. The summed E-state index contributed by atoms with van der Waals surface area (Å²) in [6, 6.07) is 1.28. The molecule has 0 spiro atoms. The fourth-order valence-corrected chi connectivity index (χ4v) is 7.48. The van der Waals surface area contributed by atoms with Crippen LogP contribution in [0.2, 0.25) is 0 Å². The SMILES string of the molecule is CC1(C2CC2)CN(C2[C@@H]3CC4C[C@H]2CC(O)(C4)C3)C(=O)N1C1CC1. The van der Waals surface area contributed by atoms with E-state index >= 15 is 0 Å². The van der Waals surface area contributed by atoms with Gasteiger partial charge in [-0.3, -0.25) is 0 Å². The highest BCUT2D eigenvalue weighted by Gasteiger charge is 2.63. The Labute approximate surface area is 144 Å². The minimum absolute atomic E-state index is 0.0871. The summed E-state index contributed by atoms with van der Waals surface area (Å²) in [7, 11) is 0. The predicted octanol–water partition coefficient (Wildman–Crippen LogP) is 2.99. The fraction of sp³-hybridized carbons (Fsp3) is 0.950. The van der Waals surface area contributed by atoms with Gasteiger partial charge in [-0.2, -0.15) is 0 Å². The van der Waals surface area contributed by atoms with E-state index in [4.69, 9.17) is 0 Å². The van der Waals surface area contributed by atoms with Crippen molar-refractivity contribution in [3.8, 4) is 0 Å². The van der Waals surface area contributed by atoms with E-state index in [0.29, 0.717) is 30.0 Å². The van der Waals surface area contributed by atoms with Crippen LogP contribution in [0.25, 0.3) is 0 Å². The second kappa shape index (κ2) is 4.31. The van der Waals surface area contributed by atoms with Crippen molar-refractivity contribution in [3.05, 3.63) is 0 Å². The molecule has 1 saturated heterocycles. The van der Waals surface area contributed by atoms with E-state index in [1.807, 2.05) is 0 Å². The van der Waals surface area contributed by atoms with Gasteiger partial charge in [0, 0.05) is 18.6 Å². The van der Waals surface area contributed by atoms with Crippen LogP contribution in [-0.4, -0.2) is 50.7 Å². The summed E-state index contributed by atoms with van der Waals surface area (Å²) in [5, 5.41) is 10.9. The first kappa shape index (κ1) is 14.4. The van der Waals surface area contributed by atoms with Crippen LogP contribution in [0.5, 0.6) is 0 Å². The molecule has 0 radical (unpaired) electrons. The highest BCUT2D eigenvalue weighted by atomic mass is 16.3. The molecular formula is C20H30N2O2. The smallest absolute Gasteiger partial charge is 0.321 e. The fourth-order valence-electron chi connectivity index (χ4n) is 7.48. The number of hydrogen-bond acceptors (Lipinski definition) is 2. The maximum absolute atomic E-state index is 13.4. The van der Waals surface area contributed by atoms with E-state index in [1.165, 1.54) is 38.5 Å². The first-order valence-electron chi connectivity index (χ1n) is 10.3. The summed E-state index contributed by atoms with van der Waals surface area (Å²) in [6.07, 6.45) is 10.4.